The van der Waals surface area contributed by atoms with Crippen LogP contribution < -0.4 is 10.1 Å². The Bertz CT molecular complexity index is 2030. The van der Waals surface area contributed by atoms with Crippen LogP contribution in [-0.4, -0.2) is 76.3 Å². The van der Waals surface area contributed by atoms with Gasteiger partial charge in [0.2, 0.25) is 0 Å². The van der Waals surface area contributed by atoms with Crippen molar-refractivity contribution >= 4 is 41.3 Å². The van der Waals surface area contributed by atoms with Crippen LogP contribution in [0.15, 0.2) is 66.9 Å². The number of carbonyl (C=O) groups is 2. The molecule has 284 valence electrons. The number of aliphatic carboxylic acids is 1. The van der Waals surface area contributed by atoms with Crippen molar-refractivity contribution in [1.82, 2.24) is 14.8 Å². The first-order chi connectivity index (χ1) is 25.8. The van der Waals surface area contributed by atoms with Gasteiger partial charge in [0.05, 0.1) is 35.4 Å². The molecule has 0 aliphatic carbocycles. The first kappa shape index (κ1) is 39.0. The quantitative estimate of drug-likeness (QED) is 0.132. The number of piperidine rings is 1. The number of ether oxygens (including phenoxy) is 1. The fraction of sp³-hybridized carbons (Fsp3) is 0.341. The highest BCUT2D eigenvalue weighted by Gasteiger charge is 2.34. The van der Waals surface area contributed by atoms with Crippen molar-refractivity contribution in [3.8, 4) is 16.9 Å². The van der Waals surface area contributed by atoms with E-state index in [0.717, 1.165) is 35.7 Å². The number of hydrogen-bond acceptors (Lipinski definition) is 7. The maximum Gasteiger partial charge on any atom is 0.417 e. The number of aliphatic hydroxyl groups is 1. The van der Waals surface area contributed by atoms with Gasteiger partial charge in [0.15, 0.2) is 0 Å². The summed E-state index contributed by atoms with van der Waals surface area (Å²) in [5, 5.41) is 22.2. The number of nitrogens with one attached hydrogen (secondary N) is 1. The van der Waals surface area contributed by atoms with E-state index in [1.165, 1.54) is 19.3 Å². The molecule has 0 unspecified atom stereocenters. The van der Waals surface area contributed by atoms with Gasteiger partial charge in [0.25, 0.3) is 5.91 Å². The second-order valence-electron chi connectivity index (χ2n) is 13.8. The molecule has 9 nitrogen and oxygen atoms in total. The largest absolute Gasteiger partial charge is 0.496 e. The molecule has 4 aromatic rings. The summed E-state index contributed by atoms with van der Waals surface area (Å²) in [6.45, 7) is 5.04. The zero-order valence-corrected chi connectivity index (χ0v) is 30.8. The summed E-state index contributed by atoms with van der Waals surface area (Å²) < 4.78 is 48.9. The molecule has 13 heteroatoms. The fourth-order valence-electron chi connectivity index (χ4n) is 7.11. The van der Waals surface area contributed by atoms with Crippen LogP contribution in [0.4, 0.5) is 18.9 Å². The number of nitrogens with zero attached hydrogens (tertiary/aromatic N) is 3. The molecule has 0 radical (unpaired) electrons. The van der Waals surface area contributed by atoms with E-state index in [1.807, 2.05) is 30.0 Å². The molecular weight excluding hydrogens is 721 g/mol. The lowest BCUT2D eigenvalue weighted by Gasteiger charge is -2.30. The molecule has 2 aliphatic rings. The van der Waals surface area contributed by atoms with E-state index in [9.17, 15) is 33.0 Å². The predicted octanol–water partition coefficient (Wildman–Crippen LogP) is 8.02. The molecule has 1 aromatic heterocycles. The maximum atomic E-state index is 14.4. The number of hydrogen-bond donors (Lipinski definition) is 3. The SMILES string of the molecule is COc1cc(/C=C/c2cccc(-c3cccc(NC(=O)c4ccc(CN5CC[C@@H](O)C5)cn4)c3Cl)c2C)c(C(F)(F)F)cc1CN1CCC(C(=O)O)CC1. The van der Waals surface area contributed by atoms with E-state index in [4.69, 9.17) is 16.3 Å². The number of carbonyl (C=O) groups excluding carboxylic acids is 1. The van der Waals surface area contributed by atoms with Gasteiger partial charge in [-0.25, -0.2) is 0 Å². The Balaban J connectivity index is 1.20. The molecule has 54 heavy (non-hydrogen) atoms. The average Bonchev–Trinajstić information content (AvgIpc) is 3.56. The van der Waals surface area contributed by atoms with E-state index in [2.05, 4.69) is 15.2 Å². The number of likely N-dealkylation sites (tertiary alicyclic amines) is 2. The smallest absolute Gasteiger partial charge is 0.417 e. The van der Waals surface area contributed by atoms with Crippen molar-refractivity contribution in [3.63, 3.8) is 0 Å². The first-order valence-electron chi connectivity index (χ1n) is 17.8. The van der Waals surface area contributed by atoms with Crippen LogP contribution in [-0.2, 0) is 24.1 Å². The summed E-state index contributed by atoms with van der Waals surface area (Å²) in [5.74, 6) is -1.42. The first-order valence-corrected chi connectivity index (χ1v) is 18.1. The van der Waals surface area contributed by atoms with Crippen LogP contribution in [0, 0.1) is 12.8 Å². The number of alkyl halides is 3. The number of anilines is 1. The number of pyridine rings is 1. The summed E-state index contributed by atoms with van der Waals surface area (Å²) in [4.78, 5) is 32.9. The predicted molar refractivity (Wildman–Crippen MR) is 202 cm³/mol. The summed E-state index contributed by atoms with van der Waals surface area (Å²) in [7, 11) is 1.42. The minimum Gasteiger partial charge on any atom is -0.496 e. The van der Waals surface area contributed by atoms with Gasteiger partial charge >= 0.3 is 12.1 Å². The number of amides is 1. The molecule has 1 atom stereocenters. The fourth-order valence-corrected chi connectivity index (χ4v) is 7.39. The molecule has 0 saturated carbocycles. The van der Waals surface area contributed by atoms with E-state index >= 15 is 0 Å². The average molecular weight is 763 g/mol. The van der Waals surface area contributed by atoms with Gasteiger partial charge in [0.1, 0.15) is 11.4 Å². The van der Waals surface area contributed by atoms with Crippen LogP contribution in [0.5, 0.6) is 5.75 Å². The Labute approximate surface area is 317 Å². The third-order valence-corrected chi connectivity index (χ3v) is 10.6. The van der Waals surface area contributed by atoms with Crippen LogP contribution in [0.2, 0.25) is 5.02 Å². The van der Waals surface area contributed by atoms with Gasteiger partial charge in [-0.2, -0.15) is 13.2 Å². The van der Waals surface area contributed by atoms with Crippen molar-refractivity contribution in [2.24, 2.45) is 5.92 Å². The molecule has 3 heterocycles. The van der Waals surface area contributed by atoms with Crippen molar-refractivity contribution < 1.29 is 37.7 Å². The lowest BCUT2D eigenvalue weighted by atomic mass is 9.94. The van der Waals surface area contributed by atoms with Crippen LogP contribution in [0.3, 0.4) is 0 Å². The van der Waals surface area contributed by atoms with Gasteiger partial charge in [-0.05, 0) is 91.4 Å². The minimum absolute atomic E-state index is 0.0586. The second kappa shape index (κ2) is 16.7. The number of aliphatic hydroxyl groups excluding tert-OH is 1. The van der Waals surface area contributed by atoms with E-state index in [-0.39, 0.29) is 23.9 Å². The van der Waals surface area contributed by atoms with Crippen LogP contribution in [0.25, 0.3) is 23.3 Å². The standard InChI is InChI=1S/C41H42ClF3N4O5/c1-25-27(10-11-29-20-37(54-2)30(19-34(29)41(43,44)45)23-48-16-13-28(14-17-48)40(52)53)5-3-6-32(25)33-7-4-8-35(38(33)42)47-39(51)36-12-9-26(21-46-36)22-49-18-15-31(50)24-49/h3-12,19-21,28,31,50H,13-18,22-24H2,1-2H3,(H,47,51)(H,52,53)/b11-10+/t31-/m1/s1. The van der Waals surface area contributed by atoms with E-state index in [0.29, 0.717) is 72.2 Å². The minimum atomic E-state index is -4.64. The Morgan fingerprint density at radius 2 is 1.67 bits per heavy atom. The van der Waals surface area contributed by atoms with Crippen molar-refractivity contribution in [2.45, 2.75) is 51.6 Å². The van der Waals surface area contributed by atoms with Crippen molar-refractivity contribution in [2.75, 3.05) is 38.6 Å². The second-order valence-corrected chi connectivity index (χ2v) is 14.2. The molecule has 3 aromatic carbocycles. The Morgan fingerprint density at radius 1 is 0.963 bits per heavy atom. The van der Waals surface area contributed by atoms with E-state index < -0.39 is 29.5 Å². The molecule has 0 bridgehead atoms. The summed E-state index contributed by atoms with van der Waals surface area (Å²) >= 11 is 6.87. The van der Waals surface area contributed by atoms with Crippen molar-refractivity contribution in [3.05, 3.63) is 111 Å². The number of carboxylic acids is 1. The number of carboxylic acid groups (broad SMARTS) is 1. The molecule has 1 amide bonds. The number of rotatable bonds is 11. The molecule has 2 fully saturated rings. The number of methoxy groups -OCH3 is 1. The number of β-amino-alcohol motifs (C(OH)–C–C–N with tert-alkyl or cyclic N) is 1. The van der Waals surface area contributed by atoms with Gasteiger partial charge < -0.3 is 20.3 Å². The molecule has 2 saturated heterocycles. The zero-order valence-electron chi connectivity index (χ0n) is 30.0. The molecule has 2 aliphatic heterocycles. The highest BCUT2D eigenvalue weighted by molar-refractivity contribution is 6.36. The Kier molecular flexibility index (Phi) is 12.1. The lowest BCUT2D eigenvalue weighted by Crippen LogP contribution is -2.36. The number of halogens is 4. The topological polar surface area (TPSA) is 115 Å². The van der Waals surface area contributed by atoms with Gasteiger partial charge in [0, 0.05) is 43.5 Å². The third kappa shape index (κ3) is 9.12. The summed E-state index contributed by atoms with van der Waals surface area (Å²) in [6, 6.07) is 16.7. The van der Waals surface area contributed by atoms with Gasteiger partial charge in [-0.3, -0.25) is 24.4 Å². The Morgan fingerprint density at radius 3 is 2.31 bits per heavy atom. The lowest BCUT2D eigenvalue weighted by molar-refractivity contribution is -0.143. The zero-order chi connectivity index (χ0) is 38.6. The summed E-state index contributed by atoms with van der Waals surface area (Å²) in [5.41, 5.74) is 3.85. The van der Waals surface area contributed by atoms with E-state index in [1.54, 1.807) is 42.6 Å². The molecular formula is C41H42ClF3N4O5. The summed E-state index contributed by atoms with van der Waals surface area (Å²) in [6.07, 6.45) is 1.35. The highest BCUT2D eigenvalue weighted by Crippen LogP contribution is 2.39. The monoisotopic (exact) mass is 762 g/mol. The van der Waals surface area contributed by atoms with Gasteiger partial charge in [-0.1, -0.05) is 60.2 Å². The molecule has 6 rings (SSSR count). The third-order valence-electron chi connectivity index (χ3n) is 10.2. The highest BCUT2D eigenvalue weighted by atomic mass is 35.5. The number of benzene rings is 3. The number of aromatic nitrogens is 1. The normalized spacial score (nSPS) is 17.3. The van der Waals surface area contributed by atoms with Crippen LogP contribution >= 0.6 is 11.6 Å². The molecule has 3 N–H and O–H groups in total. The van der Waals surface area contributed by atoms with Crippen molar-refractivity contribution in [1.29, 1.82) is 0 Å². The van der Waals surface area contributed by atoms with Gasteiger partial charge in [-0.15, -0.1) is 0 Å². The Hall–Kier alpha value is -4.75. The maximum absolute atomic E-state index is 14.4. The molecule has 0 spiro atoms. The van der Waals surface area contributed by atoms with Crippen LogP contribution in [0.1, 0.15) is 63.1 Å².